The van der Waals surface area contributed by atoms with Crippen molar-refractivity contribution < 1.29 is 14.3 Å². The first-order valence-corrected chi connectivity index (χ1v) is 6.59. The second-order valence-electron chi connectivity index (χ2n) is 4.03. The second kappa shape index (κ2) is 5.40. The number of carbonyl (C=O) groups excluding carboxylic acids is 1. The molecule has 0 atom stereocenters. The van der Waals surface area contributed by atoms with Crippen LogP contribution in [0.25, 0.3) is 0 Å². The minimum absolute atomic E-state index is 0.171. The highest BCUT2D eigenvalue weighted by Gasteiger charge is 2.22. The first-order valence-electron chi connectivity index (χ1n) is 5.78. The molecule has 2 aromatic rings. The smallest absolute Gasteiger partial charge is 0.229 e. The molecule has 19 heavy (non-hydrogen) atoms. The van der Waals surface area contributed by atoms with Crippen LogP contribution in [0.4, 0.5) is 0 Å². The Morgan fingerprint density at radius 2 is 1.74 bits per heavy atom. The summed E-state index contributed by atoms with van der Waals surface area (Å²) in [6, 6.07) is 5.26. The summed E-state index contributed by atoms with van der Waals surface area (Å²) < 4.78 is 10.5. The predicted molar refractivity (Wildman–Crippen MR) is 74.6 cm³/mol. The standard InChI is InChI=1S/C14H15NO3S/c1-8-9(2)19-14(15-8)13(16)12-10(17-3)6-5-7-11(12)18-4/h5-7H,1-4H3. The third-order valence-corrected chi connectivity index (χ3v) is 3.95. The lowest BCUT2D eigenvalue weighted by atomic mass is 10.1. The van der Waals surface area contributed by atoms with E-state index in [0.29, 0.717) is 22.1 Å². The number of benzene rings is 1. The average Bonchev–Trinajstić information content (AvgIpc) is 2.76. The summed E-state index contributed by atoms with van der Waals surface area (Å²) >= 11 is 1.38. The summed E-state index contributed by atoms with van der Waals surface area (Å²) in [5.41, 5.74) is 1.29. The molecule has 0 aliphatic carbocycles. The lowest BCUT2D eigenvalue weighted by Crippen LogP contribution is -2.06. The molecule has 0 saturated carbocycles. The molecule has 100 valence electrons. The molecule has 1 aromatic heterocycles. The van der Waals surface area contributed by atoms with E-state index in [1.54, 1.807) is 18.2 Å². The quantitative estimate of drug-likeness (QED) is 0.806. The minimum Gasteiger partial charge on any atom is -0.496 e. The van der Waals surface area contributed by atoms with Crippen molar-refractivity contribution in [1.82, 2.24) is 4.98 Å². The van der Waals surface area contributed by atoms with Crippen LogP contribution in [0, 0.1) is 13.8 Å². The number of aryl methyl sites for hydroxylation is 2. The first kappa shape index (κ1) is 13.5. The molecule has 0 fully saturated rings. The van der Waals surface area contributed by atoms with Gasteiger partial charge in [-0.3, -0.25) is 4.79 Å². The van der Waals surface area contributed by atoms with Gasteiger partial charge in [-0.15, -0.1) is 11.3 Å². The Bertz CT molecular complexity index is 577. The molecule has 5 heteroatoms. The fraction of sp³-hybridized carbons (Fsp3) is 0.286. The van der Waals surface area contributed by atoms with Crippen LogP contribution in [0.15, 0.2) is 18.2 Å². The number of ketones is 1. The van der Waals surface area contributed by atoms with Gasteiger partial charge in [0.1, 0.15) is 17.1 Å². The van der Waals surface area contributed by atoms with Gasteiger partial charge < -0.3 is 9.47 Å². The van der Waals surface area contributed by atoms with Gasteiger partial charge in [-0.05, 0) is 26.0 Å². The van der Waals surface area contributed by atoms with E-state index in [9.17, 15) is 4.79 Å². The zero-order valence-electron chi connectivity index (χ0n) is 11.3. The third-order valence-electron chi connectivity index (χ3n) is 2.88. The topological polar surface area (TPSA) is 48.4 Å². The van der Waals surface area contributed by atoms with Crippen LogP contribution in [0.1, 0.15) is 25.9 Å². The maximum Gasteiger partial charge on any atom is 0.229 e. The SMILES string of the molecule is COc1cccc(OC)c1C(=O)c1nc(C)c(C)s1. The summed E-state index contributed by atoms with van der Waals surface area (Å²) in [5.74, 6) is 0.820. The monoisotopic (exact) mass is 277 g/mol. The lowest BCUT2D eigenvalue weighted by molar-refractivity contribution is 0.103. The van der Waals surface area contributed by atoms with E-state index in [-0.39, 0.29) is 5.78 Å². The Balaban J connectivity index is 2.54. The number of thiazole rings is 1. The van der Waals surface area contributed by atoms with Crippen LogP contribution in [0.3, 0.4) is 0 Å². The predicted octanol–water partition coefficient (Wildman–Crippen LogP) is 3.01. The number of rotatable bonds is 4. The fourth-order valence-electron chi connectivity index (χ4n) is 1.75. The van der Waals surface area contributed by atoms with Crippen LogP contribution in [-0.4, -0.2) is 25.0 Å². The summed E-state index contributed by atoms with van der Waals surface area (Å²) in [5, 5.41) is 0.456. The van der Waals surface area contributed by atoms with Crippen molar-refractivity contribution in [1.29, 1.82) is 0 Å². The molecule has 1 heterocycles. The van der Waals surface area contributed by atoms with Crippen molar-refractivity contribution in [2.24, 2.45) is 0 Å². The Kier molecular flexibility index (Phi) is 3.85. The molecule has 0 spiro atoms. The maximum atomic E-state index is 12.6. The van der Waals surface area contributed by atoms with Gasteiger partial charge in [0.15, 0.2) is 5.01 Å². The van der Waals surface area contributed by atoms with Crippen molar-refractivity contribution in [3.63, 3.8) is 0 Å². The normalized spacial score (nSPS) is 10.3. The maximum absolute atomic E-state index is 12.6. The van der Waals surface area contributed by atoms with Gasteiger partial charge in [-0.2, -0.15) is 0 Å². The lowest BCUT2D eigenvalue weighted by Gasteiger charge is -2.10. The van der Waals surface area contributed by atoms with E-state index >= 15 is 0 Å². The molecular weight excluding hydrogens is 262 g/mol. The van der Waals surface area contributed by atoms with E-state index in [1.165, 1.54) is 25.6 Å². The van der Waals surface area contributed by atoms with Gasteiger partial charge in [0, 0.05) is 4.88 Å². The van der Waals surface area contributed by atoms with Crippen molar-refractivity contribution in [2.75, 3.05) is 14.2 Å². The molecule has 0 bridgehead atoms. The molecule has 0 aliphatic rings. The fourth-order valence-corrected chi connectivity index (χ4v) is 2.61. The highest BCUT2D eigenvalue weighted by atomic mass is 32.1. The van der Waals surface area contributed by atoms with Gasteiger partial charge in [0.05, 0.1) is 19.9 Å². The molecule has 0 aliphatic heterocycles. The van der Waals surface area contributed by atoms with Crippen molar-refractivity contribution >= 4 is 17.1 Å². The van der Waals surface area contributed by atoms with Gasteiger partial charge in [-0.1, -0.05) is 6.07 Å². The number of carbonyl (C=O) groups is 1. The Morgan fingerprint density at radius 3 is 2.16 bits per heavy atom. The van der Waals surface area contributed by atoms with Crippen molar-refractivity contribution in [3.05, 3.63) is 39.3 Å². The molecule has 0 saturated heterocycles. The van der Waals surface area contributed by atoms with Crippen LogP contribution >= 0.6 is 11.3 Å². The summed E-state index contributed by atoms with van der Waals surface area (Å²) in [7, 11) is 3.06. The number of methoxy groups -OCH3 is 2. The summed E-state index contributed by atoms with van der Waals surface area (Å²) in [4.78, 5) is 17.9. The van der Waals surface area contributed by atoms with Gasteiger partial charge >= 0.3 is 0 Å². The van der Waals surface area contributed by atoms with Crippen molar-refractivity contribution in [3.8, 4) is 11.5 Å². The number of ether oxygens (including phenoxy) is 2. The minimum atomic E-state index is -0.171. The van der Waals surface area contributed by atoms with Crippen LogP contribution < -0.4 is 9.47 Å². The van der Waals surface area contributed by atoms with Crippen LogP contribution in [0.5, 0.6) is 11.5 Å². The second-order valence-corrected chi connectivity index (χ2v) is 5.23. The largest absolute Gasteiger partial charge is 0.496 e. The van der Waals surface area contributed by atoms with E-state index in [2.05, 4.69) is 4.98 Å². The zero-order chi connectivity index (χ0) is 14.0. The number of hydrogen-bond donors (Lipinski definition) is 0. The van der Waals surface area contributed by atoms with E-state index in [1.807, 2.05) is 13.8 Å². The third kappa shape index (κ3) is 2.46. The highest BCUT2D eigenvalue weighted by Crippen LogP contribution is 2.32. The van der Waals surface area contributed by atoms with Gasteiger partial charge in [0.2, 0.25) is 5.78 Å². The highest BCUT2D eigenvalue weighted by molar-refractivity contribution is 7.13. The molecule has 0 radical (unpaired) electrons. The number of hydrogen-bond acceptors (Lipinski definition) is 5. The van der Waals surface area contributed by atoms with Gasteiger partial charge in [-0.25, -0.2) is 4.98 Å². The summed E-state index contributed by atoms with van der Waals surface area (Å²) in [6.07, 6.45) is 0. The first-order chi connectivity index (χ1) is 9.08. The molecular formula is C14H15NO3S. The molecule has 0 N–H and O–H groups in total. The molecule has 4 nitrogen and oxygen atoms in total. The van der Waals surface area contributed by atoms with Crippen LogP contribution in [0.2, 0.25) is 0 Å². The number of aromatic nitrogens is 1. The zero-order valence-corrected chi connectivity index (χ0v) is 12.1. The van der Waals surface area contributed by atoms with Crippen molar-refractivity contribution in [2.45, 2.75) is 13.8 Å². The molecule has 2 rings (SSSR count). The Labute approximate surface area is 116 Å². The Hall–Kier alpha value is -1.88. The Morgan fingerprint density at radius 1 is 1.16 bits per heavy atom. The average molecular weight is 277 g/mol. The molecule has 1 aromatic carbocycles. The molecule has 0 unspecified atom stereocenters. The molecule has 0 amide bonds. The van der Waals surface area contributed by atoms with E-state index < -0.39 is 0 Å². The number of nitrogens with zero attached hydrogens (tertiary/aromatic N) is 1. The van der Waals surface area contributed by atoms with E-state index in [4.69, 9.17) is 9.47 Å². The van der Waals surface area contributed by atoms with Crippen LogP contribution in [-0.2, 0) is 0 Å². The van der Waals surface area contributed by atoms with E-state index in [0.717, 1.165) is 10.6 Å². The summed E-state index contributed by atoms with van der Waals surface area (Å²) in [6.45, 7) is 3.84. The van der Waals surface area contributed by atoms with Gasteiger partial charge in [0.25, 0.3) is 0 Å².